The Morgan fingerprint density at radius 1 is 1.31 bits per heavy atom. The lowest BCUT2D eigenvalue weighted by atomic mass is 9.72. The number of carbonyl (C=O) groups is 2. The number of benzene rings is 1. The van der Waals surface area contributed by atoms with Crippen LogP contribution in [0.15, 0.2) is 34.9 Å². The highest BCUT2D eigenvalue weighted by Gasteiger charge is 2.44. The molecular weight excluding hydrogens is 388 g/mol. The number of amides is 2. The standard InChI is InChI=1S/C21H24N4O3S/c1-5-28-15-8-6-14(7-9-15)12-25(4)18(26)13-29-20-17(11-23)21(2,3)16(10-22)19(27)24-20/h6-9,16H,5,12-13H2,1-4H3,(H,24,27)/t16-/m1/s1. The molecule has 2 amide bonds. The Balaban J connectivity index is 2.03. The number of carbonyl (C=O) groups excluding carboxylic acids is 2. The van der Waals surface area contributed by atoms with Gasteiger partial charge in [0.2, 0.25) is 11.8 Å². The van der Waals surface area contributed by atoms with E-state index in [-0.39, 0.29) is 11.7 Å². The summed E-state index contributed by atoms with van der Waals surface area (Å²) in [5, 5.41) is 21.7. The maximum Gasteiger partial charge on any atom is 0.243 e. The second-order valence-electron chi connectivity index (χ2n) is 7.20. The Morgan fingerprint density at radius 2 is 1.97 bits per heavy atom. The van der Waals surface area contributed by atoms with Gasteiger partial charge in [-0.25, -0.2) is 0 Å². The first-order valence-corrected chi connectivity index (χ1v) is 10.2. The van der Waals surface area contributed by atoms with E-state index in [1.807, 2.05) is 37.3 Å². The number of nitriles is 2. The van der Waals surface area contributed by atoms with Crippen LogP contribution >= 0.6 is 11.8 Å². The van der Waals surface area contributed by atoms with Crippen molar-refractivity contribution in [2.45, 2.75) is 27.3 Å². The van der Waals surface area contributed by atoms with Crippen LogP contribution in [0.4, 0.5) is 0 Å². The fraction of sp³-hybridized carbons (Fsp3) is 0.429. The van der Waals surface area contributed by atoms with Gasteiger partial charge in [0.05, 0.1) is 35.1 Å². The summed E-state index contributed by atoms with van der Waals surface area (Å²) in [6, 6.07) is 11.6. The molecular formula is C21H24N4O3S. The molecule has 0 bridgehead atoms. The monoisotopic (exact) mass is 412 g/mol. The summed E-state index contributed by atoms with van der Waals surface area (Å²) < 4.78 is 5.41. The van der Waals surface area contributed by atoms with Gasteiger partial charge in [-0.1, -0.05) is 37.7 Å². The van der Waals surface area contributed by atoms with E-state index in [4.69, 9.17) is 4.74 Å². The first-order valence-electron chi connectivity index (χ1n) is 9.18. The maximum atomic E-state index is 12.5. The second kappa shape index (κ2) is 9.49. The predicted molar refractivity (Wildman–Crippen MR) is 110 cm³/mol. The van der Waals surface area contributed by atoms with E-state index >= 15 is 0 Å². The molecule has 2 rings (SSSR count). The molecule has 0 saturated heterocycles. The van der Waals surface area contributed by atoms with E-state index in [0.29, 0.717) is 23.8 Å². The number of thioether (sulfide) groups is 1. The van der Waals surface area contributed by atoms with E-state index in [2.05, 4.69) is 11.4 Å². The molecule has 7 nitrogen and oxygen atoms in total. The van der Waals surface area contributed by atoms with Gasteiger partial charge in [0.15, 0.2) is 0 Å². The molecule has 0 fully saturated rings. The maximum absolute atomic E-state index is 12.5. The third-order valence-corrected chi connectivity index (χ3v) is 5.74. The van der Waals surface area contributed by atoms with Crippen molar-refractivity contribution in [1.29, 1.82) is 10.5 Å². The topological polar surface area (TPSA) is 106 Å². The van der Waals surface area contributed by atoms with Gasteiger partial charge in [0.1, 0.15) is 11.7 Å². The van der Waals surface area contributed by atoms with Gasteiger partial charge in [-0.2, -0.15) is 10.5 Å². The number of hydrogen-bond donors (Lipinski definition) is 1. The van der Waals surface area contributed by atoms with E-state index in [9.17, 15) is 20.1 Å². The smallest absolute Gasteiger partial charge is 0.243 e. The van der Waals surface area contributed by atoms with Crippen LogP contribution in [0.25, 0.3) is 0 Å². The van der Waals surface area contributed by atoms with Crippen LogP contribution in [-0.4, -0.2) is 36.1 Å². The number of nitrogens with zero attached hydrogens (tertiary/aromatic N) is 3. The summed E-state index contributed by atoms with van der Waals surface area (Å²) in [4.78, 5) is 26.3. The Labute approximate surface area is 175 Å². The van der Waals surface area contributed by atoms with Crippen LogP contribution in [0, 0.1) is 34.0 Å². The SMILES string of the molecule is CCOc1ccc(CN(C)C(=O)CSC2=C(C#N)C(C)(C)[C@H](C#N)C(=O)N2)cc1. The lowest BCUT2D eigenvalue weighted by molar-refractivity contribution is -0.128. The Hall–Kier alpha value is -2.97. The average molecular weight is 413 g/mol. The third kappa shape index (κ3) is 5.10. The van der Waals surface area contributed by atoms with Crippen molar-refractivity contribution in [3.8, 4) is 17.9 Å². The molecule has 1 atom stereocenters. The van der Waals surface area contributed by atoms with Gasteiger partial charge >= 0.3 is 0 Å². The highest BCUT2D eigenvalue weighted by Crippen LogP contribution is 2.41. The molecule has 1 aliphatic rings. The van der Waals surface area contributed by atoms with Gasteiger partial charge in [-0.05, 0) is 24.6 Å². The van der Waals surface area contributed by atoms with Crippen molar-refractivity contribution in [1.82, 2.24) is 10.2 Å². The zero-order chi connectivity index (χ0) is 21.6. The number of nitrogens with one attached hydrogen (secondary N) is 1. The third-order valence-electron chi connectivity index (χ3n) is 4.75. The van der Waals surface area contributed by atoms with Gasteiger partial charge in [0.25, 0.3) is 0 Å². The number of ether oxygens (including phenoxy) is 1. The van der Waals surface area contributed by atoms with Crippen LogP contribution < -0.4 is 10.1 Å². The fourth-order valence-electron chi connectivity index (χ4n) is 3.00. The summed E-state index contributed by atoms with van der Waals surface area (Å²) >= 11 is 1.11. The van der Waals surface area contributed by atoms with E-state index in [1.54, 1.807) is 25.8 Å². The summed E-state index contributed by atoms with van der Waals surface area (Å²) in [7, 11) is 1.70. The molecule has 1 heterocycles. The van der Waals surface area contributed by atoms with E-state index < -0.39 is 17.2 Å². The number of allylic oxidation sites excluding steroid dienone is 1. The average Bonchev–Trinajstić information content (AvgIpc) is 2.67. The van der Waals surface area contributed by atoms with E-state index in [1.165, 1.54) is 0 Å². The van der Waals surface area contributed by atoms with Gasteiger partial charge in [-0.15, -0.1) is 0 Å². The molecule has 0 spiro atoms. The highest BCUT2D eigenvalue weighted by molar-refractivity contribution is 8.03. The summed E-state index contributed by atoms with van der Waals surface area (Å²) in [6.07, 6.45) is 0. The fourth-order valence-corrected chi connectivity index (χ4v) is 4.11. The second-order valence-corrected chi connectivity index (χ2v) is 8.19. The molecule has 152 valence electrons. The molecule has 29 heavy (non-hydrogen) atoms. The van der Waals surface area contributed by atoms with Crippen LogP contribution in [0.5, 0.6) is 5.75 Å². The van der Waals surface area contributed by atoms with Crippen molar-refractivity contribution >= 4 is 23.6 Å². The molecule has 0 aliphatic carbocycles. The van der Waals surface area contributed by atoms with Crippen molar-refractivity contribution in [3.63, 3.8) is 0 Å². The molecule has 1 aliphatic heterocycles. The molecule has 0 saturated carbocycles. The minimum absolute atomic E-state index is 0.0711. The Morgan fingerprint density at radius 3 is 2.52 bits per heavy atom. The van der Waals surface area contributed by atoms with Gasteiger partial charge < -0.3 is 15.0 Å². The normalized spacial score (nSPS) is 17.7. The summed E-state index contributed by atoms with van der Waals surface area (Å²) in [6.45, 7) is 6.33. The quantitative estimate of drug-likeness (QED) is 0.738. The molecule has 8 heteroatoms. The van der Waals surface area contributed by atoms with Crippen LogP contribution in [-0.2, 0) is 16.1 Å². The van der Waals surface area contributed by atoms with Crippen LogP contribution in [0.1, 0.15) is 26.3 Å². The van der Waals surface area contributed by atoms with Gasteiger partial charge in [0, 0.05) is 19.0 Å². The van der Waals surface area contributed by atoms with E-state index in [0.717, 1.165) is 23.1 Å². The van der Waals surface area contributed by atoms with Crippen molar-refractivity contribution in [2.24, 2.45) is 11.3 Å². The highest BCUT2D eigenvalue weighted by atomic mass is 32.2. The lowest BCUT2D eigenvalue weighted by Crippen LogP contribution is -2.44. The Kier molecular flexibility index (Phi) is 7.30. The van der Waals surface area contributed by atoms with Crippen molar-refractivity contribution in [2.75, 3.05) is 19.4 Å². The minimum Gasteiger partial charge on any atom is -0.494 e. The van der Waals surface area contributed by atoms with Crippen LogP contribution in [0.3, 0.4) is 0 Å². The zero-order valence-corrected chi connectivity index (χ0v) is 17.8. The summed E-state index contributed by atoms with van der Waals surface area (Å²) in [5.74, 6) is -0.679. The van der Waals surface area contributed by atoms with Crippen LogP contribution in [0.2, 0.25) is 0 Å². The molecule has 1 aromatic rings. The zero-order valence-electron chi connectivity index (χ0n) is 17.0. The first kappa shape index (κ1) is 22.3. The molecule has 1 N–H and O–H groups in total. The molecule has 0 unspecified atom stereocenters. The predicted octanol–water partition coefficient (Wildman–Crippen LogP) is 2.81. The first-order chi connectivity index (χ1) is 13.7. The molecule has 0 radical (unpaired) electrons. The number of hydrogen-bond acceptors (Lipinski definition) is 6. The molecule has 0 aromatic heterocycles. The van der Waals surface area contributed by atoms with Gasteiger partial charge in [-0.3, -0.25) is 9.59 Å². The molecule has 1 aromatic carbocycles. The number of rotatable bonds is 7. The summed E-state index contributed by atoms with van der Waals surface area (Å²) in [5.41, 5.74) is 0.372. The largest absolute Gasteiger partial charge is 0.494 e. The van der Waals surface area contributed by atoms with Crippen molar-refractivity contribution < 1.29 is 14.3 Å². The Bertz CT molecular complexity index is 894. The minimum atomic E-state index is -0.945. The lowest BCUT2D eigenvalue weighted by Gasteiger charge is -2.34. The van der Waals surface area contributed by atoms with Crippen molar-refractivity contribution in [3.05, 3.63) is 40.4 Å².